The summed E-state index contributed by atoms with van der Waals surface area (Å²) >= 11 is 3.87. The summed E-state index contributed by atoms with van der Waals surface area (Å²) in [5.74, 6) is -5.07. The number of unbranched alkanes of at least 4 members (excludes halogenated alkanes) is 1. The molecule has 29 heavy (non-hydrogen) atoms. The quantitative estimate of drug-likeness (QED) is 0.106. The summed E-state index contributed by atoms with van der Waals surface area (Å²) in [7, 11) is 0. The van der Waals surface area contributed by atoms with Crippen molar-refractivity contribution < 1.29 is 34.2 Å². The van der Waals surface area contributed by atoms with Crippen LogP contribution in [0.2, 0.25) is 0 Å². The Morgan fingerprint density at radius 3 is 2.00 bits per heavy atom. The molecule has 0 aromatic heterocycles. The molecule has 0 fully saturated rings. The Kier molecular flexibility index (Phi) is 12.6. The molecule has 3 amide bonds. The van der Waals surface area contributed by atoms with Crippen LogP contribution in [0.1, 0.15) is 32.6 Å². The maximum absolute atomic E-state index is 12.4. The van der Waals surface area contributed by atoms with Crippen LogP contribution in [0, 0.1) is 0 Å². The number of hydrogen-bond acceptors (Lipinski definition) is 8. The van der Waals surface area contributed by atoms with Crippen LogP contribution < -0.4 is 27.4 Å². The summed E-state index contributed by atoms with van der Waals surface area (Å²) < 4.78 is 0. The monoisotopic (exact) mass is 435 g/mol. The third-order valence-electron chi connectivity index (χ3n) is 3.86. The van der Waals surface area contributed by atoms with Gasteiger partial charge in [-0.1, -0.05) is 0 Å². The molecule has 0 spiro atoms. The highest BCUT2D eigenvalue weighted by molar-refractivity contribution is 7.80. The molecule has 0 radical (unpaired) electrons. The zero-order valence-corrected chi connectivity index (χ0v) is 17.0. The van der Waals surface area contributed by atoms with Crippen molar-refractivity contribution in [2.24, 2.45) is 11.5 Å². The summed E-state index contributed by atoms with van der Waals surface area (Å²) in [6.07, 6.45) is 0.322. The molecule has 0 heterocycles. The van der Waals surface area contributed by atoms with E-state index in [9.17, 15) is 29.1 Å². The molecule has 0 aliphatic heterocycles. The van der Waals surface area contributed by atoms with Gasteiger partial charge in [-0.15, -0.1) is 0 Å². The Morgan fingerprint density at radius 2 is 1.52 bits per heavy atom. The van der Waals surface area contributed by atoms with Crippen molar-refractivity contribution in [3.05, 3.63) is 0 Å². The van der Waals surface area contributed by atoms with E-state index < -0.39 is 60.2 Å². The Bertz CT molecular complexity index is 604. The van der Waals surface area contributed by atoms with Crippen molar-refractivity contribution in [1.82, 2.24) is 16.0 Å². The molecule has 0 saturated carbocycles. The van der Waals surface area contributed by atoms with E-state index >= 15 is 0 Å². The SMILES string of the molecule is CC(NC(=O)C(N)CS)C(=O)NC(CC(=O)O)C(=O)NC(CCCCN)C(=O)O. The van der Waals surface area contributed by atoms with Gasteiger partial charge in [0.15, 0.2) is 0 Å². The number of hydrogen-bond donors (Lipinski definition) is 8. The van der Waals surface area contributed by atoms with E-state index in [1.807, 2.05) is 0 Å². The molecule has 0 saturated heterocycles. The summed E-state index contributed by atoms with van der Waals surface area (Å²) in [6, 6.07) is -4.85. The lowest BCUT2D eigenvalue weighted by Crippen LogP contribution is -2.56. The van der Waals surface area contributed by atoms with Crippen LogP contribution in [0.15, 0.2) is 0 Å². The average Bonchev–Trinajstić information content (AvgIpc) is 2.65. The van der Waals surface area contributed by atoms with Crippen molar-refractivity contribution in [2.45, 2.75) is 56.8 Å². The molecule has 4 unspecified atom stereocenters. The van der Waals surface area contributed by atoms with Gasteiger partial charge in [0.25, 0.3) is 0 Å². The largest absolute Gasteiger partial charge is 0.481 e. The van der Waals surface area contributed by atoms with Crippen LogP contribution in [-0.4, -0.2) is 76.3 Å². The lowest BCUT2D eigenvalue weighted by Gasteiger charge is -2.22. The van der Waals surface area contributed by atoms with Gasteiger partial charge in [0, 0.05) is 5.75 Å². The second-order valence-electron chi connectivity index (χ2n) is 6.36. The van der Waals surface area contributed by atoms with E-state index in [1.165, 1.54) is 6.92 Å². The number of nitrogens with two attached hydrogens (primary N) is 2. The lowest BCUT2D eigenvalue weighted by atomic mass is 10.1. The number of carboxylic acids is 2. The topological polar surface area (TPSA) is 214 Å². The molecule has 13 heteroatoms. The van der Waals surface area contributed by atoms with Gasteiger partial charge in [-0.2, -0.15) is 12.6 Å². The lowest BCUT2D eigenvalue weighted by molar-refractivity contribution is -0.143. The third kappa shape index (κ3) is 10.7. The number of aliphatic carboxylic acids is 2. The fourth-order valence-electron chi connectivity index (χ4n) is 2.17. The molecular weight excluding hydrogens is 406 g/mol. The number of carboxylic acid groups (broad SMARTS) is 2. The van der Waals surface area contributed by atoms with E-state index in [2.05, 4.69) is 28.6 Å². The van der Waals surface area contributed by atoms with E-state index in [0.717, 1.165) is 0 Å². The van der Waals surface area contributed by atoms with E-state index in [-0.39, 0.29) is 12.2 Å². The number of thiol groups is 1. The third-order valence-corrected chi connectivity index (χ3v) is 4.25. The number of carbonyl (C=O) groups excluding carboxylic acids is 3. The second kappa shape index (κ2) is 13.7. The maximum Gasteiger partial charge on any atom is 0.326 e. The predicted octanol–water partition coefficient (Wildman–Crippen LogP) is -2.59. The standard InChI is InChI=1S/C16H29N5O7S/c1-8(19-14(25)9(18)7-29)13(24)21-11(6-12(22)23)15(26)20-10(16(27)28)4-2-3-5-17/h8-11,29H,2-7,17-18H2,1H3,(H,19,25)(H,20,26)(H,21,24)(H,22,23)(H,27,28). The van der Waals surface area contributed by atoms with Gasteiger partial charge in [-0.25, -0.2) is 4.79 Å². The van der Waals surface area contributed by atoms with E-state index in [1.54, 1.807) is 0 Å². The normalized spacial score (nSPS) is 14.8. The Morgan fingerprint density at radius 1 is 0.931 bits per heavy atom. The highest BCUT2D eigenvalue weighted by Crippen LogP contribution is 2.03. The zero-order valence-electron chi connectivity index (χ0n) is 16.1. The molecule has 9 N–H and O–H groups in total. The smallest absolute Gasteiger partial charge is 0.326 e. The number of carbonyl (C=O) groups is 5. The summed E-state index contributed by atoms with van der Waals surface area (Å²) in [5, 5.41) is 24.9. The Labute approximate surface area is 173 Å². The molecule has 166 valence electrons. The predicted molar refractivity (Wildman–Crippen MR) is 106 cm³/mol. The minimum absolute atomic E-state index is 0.0466. The minimum Gasteiger partial charge on any atom is -0.481 e. The zero-order chi connectivity index (χ0) is 22.6. The second-order valence-corrected chi connectivity index (χ2v) is 6.73. The van der Waals surface area contributed by atoms with Crippen molar-refractivity contribution in [1.29, 1.82) is 0 Å². The average molecular weight is 436 g/mol. The van der Waals surface area contributed by atoms with E-state index in [0.29, 0.717) is 19.4 Å². The molecule has 0 bridgehead atoms. The molecule has 12 nitrogen and oxygen atoms in total. The van der Waals surface area contributed by atoms with Gasteiger partial charge in [-0.05, 0) is 32.7 Å². The minimum atomic E-state index is -1.53. The van der Waals surface area contributed by atoms with Crippen molar-refractivity contribution in [3.8, 4) is 0 Å². The van der Waals surface area contributed by atoms with Crippen LogP contribution in [0.5, 0.6) is 0 Å². The van der Waals surface area contributed by atoms with Gasteiger partial charge >= 0.3 is 11.9 Å². The summed E-state index contributed by atoms with van der Waals surface area (Å²) in [6.45, 7) is 1.68. The molecule has 4 atom stereocenters. The molecule has 0 aromatic rings. The fraction of sp³-hybridized carbons (Fsp3) is 0.688. The highest BCUT2D eigenvalue weighted by atomic mass is 32.1. The van der Waals surface area contributed by atoms with Crippen molar-refractivity contribution >= 4 is 42.3 Å². The molecule has 0 aliphatic carbocycles. The van der Waals surface area contributed by atoms with Gasteiger partial charge in [0.2, 0.25) is 17.7 Å². The van der Waals surface area contributed by atoms with Gasteiger partial charge in [0.05, 0.1) is 12.5 Å². The molecule has 0 rings (SSSR count). The van der Waals surface area contributed by atoms with Crippen molar-refractivity contribution in [2.75, 3.05) is 12.3 Å². The first-order valence-electron chi connectivity index (χ1n) is 8.95. The van der Waals surface area contributed by atoms with Crippen molar-refractivity contribution in [3.63, 3.8) is 0 Å². The first-order valence-corrected chi connectivity index (χ1v) is 9.58. The molecule has 0 aliphatic rings. The molecular formula is C16H29N5O7S. The van der Waals surface area contributed by atoms with Crippen LogP contribution >= 0.6 is 12.6 Å². The van der Waals surface area contributed by atoms with Gasteiger partial charge in [0.1, 0.15) is 18.1 Å². The van der Waals surface area contributed by atoms with Crippen LogP contribution in [0.4, 0.5) is 0 Å². The Balaban J connectivity index is 5.06. The number of rotatable bonds is 14. The van der Waals surface area contributed by atoms with E-state index in [4.69, 9.17) is 16.6 Å². The Hall–Kier alpha value is -2.38. The fourth-order valence-corrected chi connectivity index (χ4v) is 2.34. The maximum atomic E-state index is 12.4. The van der Waals surface area contributed by atoms with Gasteiger partial charge in [-0.3, -0.25) is 19.2 Å². The summed E-state index contributed by atoms with van der Waals surface area (Å²) in [4.78, 5) is 58.7. The van der Waals surface area contributed by atoms with Crippen LogP contribution in [0.25, 0.3) is 0 Å². The molecule has 0 aromatic carbocycles. The summed E-state index contributed by atoms with van der Waals surface area (Å²) in [5.41, 5.74) is 10.8. The first-order chi connectivity index (χ1) is 13.5. The highest BCUT2D eigenvalue weighted by Gasteiger charge is 2.30. The van der Waals surface area contributed by atoms with Crippen LogP contribution in [0.3, 0.4) is 0 Å². The number of amides is 3. The van der Waals surface area contributed by atoms with Crippen LogP contribution in [-0.2, 0) is 24.0 Å². The number of nitrogens with one attached hydrogen (secondary N) is 3. The first kappa shape index (κ1) is 26.6. The van der Waals surface area contributed by atoms with Gasteiger partial charge < -0.3 is 37.6 Å².